The zero-order valence-electron chi connectivity index (χ0n) is 9.69. The molecule has 0 fully saturated rings. The molecule has 1 atom stereocenters. The molecular formula is C12H18N2OS. The number of carbonyl (C=O) groups is 1. The minimum absolute atomic E-state index is 0.107. The van der Waals surface area contributed by atoms with Crippen LogP contribution in [0.5, 0.6) is 0 Å². The summed E-state index contributed by atoms with van der Waals surface area (Å²) in [6.07, 6.45) is 2.04. The molecule has 0 aliphatic heterocycles. The Balaban J connectivity index is 2.20. The van der Waals surface area contributed by atoms with Crippen LogP contribution in [0, 0.1) is 0 Å². The molecule has 1 rings (SSSR count). The summed E-state index contributed by atoms with van der Waals surface area (Å²) in [5.74, 6) is 0. The molecule has 16 heavy (non-hydrogen) atoms. The molecule has 0 saturated heterocycles. The Morgan fingerprint density at radius 3 is 2.62 bits per heavy atom. The van der Waals surface area contributed by atoms with E-state index < -0.39 is 0 Å². The molecule has 4 heteroatoms. The summed E-state index contributed by atoms with van der Waals surface area (Å²) in [5.41, 5.74) is 1.11. The van der Waals surface area contributed by atoms with Crippen molar-refractivity contribution in [2.75, 3.05) is 12.8 Å². The monoisotopic (exact) mass is 238 g/mol. The Morgan fingerprint density at radius 2 is 2.00 bits per heavy atom. The standard InChI is InChI=1S/C12H18N2OS/c1-10(16-2)8-13-12(15)14-9-11-6-4-3-5-7-11/h3-7,10H,8-9H2,1-2H3,(H2,13,14,15). The highest BCUT2D eigenvalue weighted by Gasteiger charge is 2.03. The van der Waals surface area contributed by atoms with Crippen molar-refractivity contribution in [3.05, 3.63) is 35.9 Å². The number of rotatable bonds is 5. The van der Waals surface area contributed by atoms with E-state index in [1.165, 1.54) is 0 Å². The molecule has 0 radical (unpaired) electrons. The van der Waals surface area contributed by atoms with E-state index in [2.05, 4.69) is 17.6 Å². The third-order valence-corrected chi connectivity index (χ3v) is 3.22. The van der Waals surface area contributed by atoms with Gasteiger partial charge in [-0.1, -0.05) is 37.3 Å². The predicted molar refractivity (Wildman–Crippen MR) is 69.7 cm³/mol. The number of thioether (sulfide) groups is 1. The van der Waals surface area contributed by atoms with Crippen molar-refractivity contribution in [2.45, 2.75) is 18.7 Å². The van der Waals surface area contributed by atoms with Gasteiger partial charge in [0.05, 0.1) is 0 Å². The third-order valence-electron chi connectivity index (χ3n) is 2.25. The van der Waals surface area contributed by atoms with Crippen LogP contribution < -0.4 is 10.6 Å². The van der Waals surface area contributed by atoms with Crippen LogP contribution in [-0.2, 0) is 6.54 Å². The summed E-state index contributed by atoms with van der Waals surface area (Å²) in [7, 11) is 0. The Hall–Kier alpha value is -1.16. The molecule has 1 aromatic rings. The van der Waals surface area contributed by atoms with Crippen molar-refractivity contribution in [3.63, 3.8) is 0 Å². The molecule has 0 aliphatic rings. The SMILES string of the molecule is CSC(C)CNC(=O)NCc1ccccc1. The normalized spacial score (nSPS) is 11.9. The molecule has 0 spiro atoms. The molecule has 0 heterocycles. The van der Waals surface area contributed by atoms with E-state index in [0.29, 0.717) is 18.3 Å². The second kappa shape index (κ2) is 7.17. The van der Waals surface area contributed by atoms with Gasteiger partial charge in [0.2, 0.25) is 0 Å². The van der Waals surface area contributed by atoms with Gasteiger partial charge in [0, 0.05) is 18.3 Å². The molecule has 0 saturated carbocycles. The molecule has 0 aromatic heterocycles. The van der Waals surface area contributed by atoms with Gasteiger partial charge in [0.1, 0.15) is 0 Å². The molecule has 2 N–H and O–H groups in total. The van der Waals surface area contributed by atoms with Crippen LogP contribution in [0.4, 0.5) is 4.79 Å². The van der Waals surface area contributed by atoms with Gasteiger partial charge in [0.15, 0.2) is 0 Å². The van der Waals surface area contributed by atoms with E-state index in [-0.39, 0.29) is 6.03 Å². The van der Waals surface area contributed by atoms with Crippen LogP contribution in [0.15, 0.2) is 30.3 Å². The number of amides is 2. The number of carbonyl (C=O) groups excluding carboxylic acids is 1. The Morgan fingerprint density at radius 1 is 1.31 bits per heavy atom. The van der Waals surface area contributed by atoms with Crippen molar-refractivity contribution in [1.82, 2.24) is 10.6 Å². The summed E-state index contributed by atoms with van der Waals surface area (Å²) >= 11 is 1.74. The maximum atomic E-state index is 11.4. The van der Waals surface area contributed by atoms with Crippen LogP contribution in [-0.4, -0.2) is 24.1 Å². The predicted octanol–water partition coefficient (Wildman–Crippen LogP) is 2.24. The van der Waals surface area contributed by atoms with Crippen LogP contribution >= 0.6 is 11.8 Å². The zero-order chi connectivity index (χ0) is 11.8. The summed E-state index contributed by atoms with van der Waals surface area (Å²) in [6, 6.07) is 9.76. The van der Waals surface area contributed by atoms with Crippen molar-refractivity contribution in [1.29, 1.82) is 0 Å². The summed E-state index contributed by atoms with van der Waals surface area (Å²) in [4.78, 5) is 11.4. The maximum Gasteiger partial charge on any atom is 0.315 e. The van der Waals surface area contributed by atoms with Crippen molar-refractivity contribution in [2.24, 2.45) is 0 Å². The highest BCUT2D eigenvalue weighted by atomic mass is 32.2. The number of hydrogen-bond donors (Lipinski definition) is 2. The topological polar surface area (TPSA) is 41.1 Å². The minimum atomic E-state index is -0.107. The molecule has 2 amide bonds. The van der Waals surface area contributed by atoms with Gasteiger partial charge in [-0.2, -0.15) is 11.8 Å². The maximum absolute atomic E-state index is 11.4. The summed E-state index contributed by atoms with van der Waals surface area (Å²) in [6.45, 7) is 3.35. The Bertz CT molecular complexity index is 316. The average molecular weight is 238 g/mol. The lowest BCUT2D eigenvalue weighted by molar-refractivity contribution is 0.240. The van der Waals surface area contributed by atoms with Gasteiger partial charge in [-0.05, 0) is 11.8 Å². The number of hydrogen-bond acceptors (Lipinski definition) is 2. The molecule has 0 aliphatic carbocycles. The fourth-order valence-corrected chi connectivity index (χ4v) is 1.41. The van der Waals surface area contributed by atoms with Gasteiger partial charge in [-0.25, -0.2) is 4.79 Å². The highest BCUT2D eigenvalue weighted by molar-refractivity contribution is 7.99. The average Bonchev–Trinajstić information content (AvgIpc) is 2.34. The van der Waals surface area contributed by atoms with Gasteiger partial charge in [-0.3, -0.25) is 0 Å². The first-order chi connectivity index (χ1) is 7.72. The van der Waals surface area contributed by atoms with Gasteiger partial charge >= 0.3 is 6.03 Å². The summed E-state index contributed by atoms with van der Waals surface area (Å²) < 4.78 is 0. The molecule has 0 bridgehead atoms. The highest BCUT2D eigenvalue weighted by Crippen LogP contribution is 2.02. The van der Waals surface area contributed by atoms with E-state index >= 15 is 0 Å². The molecule has 3 nitrogen and oxygen atoms in total. The number of benzene rings is 1. The lowest BCUT2D eigenvalue weighted by atomic mass is 10.2. The largest absolute Gasteiger partial charge is 0.337 e. The lowest BCUT2D eigenvalue weighted by Gasteiger charge is -2.10. The Kier molecular flexibility index (Phi) is 5.78. The van der Waals surface area contributed by atoms with Crippen molar-refractivity contribution < 1.29 is 4.79 Å². The first-order valence-electron chi connectivity index (χ1n) is 5.31. The van der Waals surface area contributed by atoms with E-state index in [9.17, 15) is 4.79 Å². The quantitative estimate of drug-likeness (QED) is 0.826. The van der Waals surface area contributed by atoms with Crippen molar-refractivity contribution in [3.8, 4) is 0 Å². The fraction of sp³-hybridized carbons (Fsp3) is 0.417. The second-order valence-corrected chi connectivity index (χ2v) is 4.87. The van der Waals surface area contributed by atoms with E-state index in [1.54, 1.807) is 11.8 Å². The van der Waals surface area contributed by atoms with Crippen LogP contribution in [0.25, 0.3) is 0 Å². The van der Waals surface area contributed by atoms with E-state index in [0.717, 1.165) is 5.56 Å². The number of urea groups is 1. The Labute approximate surface area is 101 Å². The van der Waals surface area contributed by atoms with Gasteiger partial charge < -0.3 is 10.6 Å². The van der Waals surface area contributed by atoms with Crippen LogP contribution in [0.2, 0.25) is 0 Å². The van der Waals surface area contributed by atoms with Crippen LogP contribution in [0.1, 0.15) is 12.5 Å². The third kappa shape index (κ3) is 5.07. The van der Waals surface area contributed by atoms with E-state index in [1.807, 2.05) is 36.6 Å². The minimum Gasteiger partial charge on any atom is -0.337 e. The van der Waals surface area contributed by atoms with E-state index in [4.69, 9.17) is 0 Å². The molecule has 1 aromatic carbocycles. The van der Waals surface area contributed by atoms with Gasteiger partial charge in [0.25, 0.3) is 0 Å². The summed E-state index contributed by atoms with van der Waals surface area (Å²) in [5, 5.41) is 6.10. The first-order valence-corrected chi connectivity index (χ1v) is 6.59. The second-order valence-electron chi connectivity index (χ2n) is 3.60. The molecule has 88 valence electrons. The molecular weight excluding hydrogens is 220 g/mol. The molecule has 1 unspecified atom stereocenters. The smallest absolute Gasteiger partial charge is 0.315 e. The lowest BCUT2D eigenvalue weighted by Crippen LogP contribution is -2.38. The first kappa shape index (κ1) is 12.9. The number of nitrogens with one attached hydrogen (secondary N) is 2. The zero-order valence-corrected chi connectivity index (χ0v) is 10.5. The fourth-order valence-electron chi connectivity index (χ4n) is 1.16. The van der Waals surface area contributed by atoms with Gasteiger partial charge in [-0.15, -0.1) is 0 Å². The van der Waals surface area contributed by atoms with Crippen molar-refractivity contribution >= 4 is 17.8 Å². The van der Waals surface area contributed by atoms with Crippen LogP contribution in [0.3, 0.4) is 0 Å².